The molecule has 0 radical (unpaired) electrons. The number of nitrogens with one attached hydrogen (secondary N) is 2. The van der Waals surface area contributed by atoms with Crippen LogP contribution in [0.3, 0.4) is 0 Å². The van der Waals surface area contributed by atoms with Crippen LogP contribution >= 0.6 is 0 Å². The number of aliphatic carboxylic acids is 1. The van der Waals surface area contributed by atoms with Crippen LogP contribution in [0.15, 0.2) is 23.0 Å². The fraction of sp³-hybridized carbons (Fsp3) is 0.429. The summed E-state index contributed by atoms with van der Waals surface area (Å²) in [5.41, 5.74) is 2.39. The topological polar surface area (TPSA) is 132 Å². The molecule has 1 aliphatic rings. The zero-order chi connectivity index (χ0) is 22.4. The lowest BCUT2D eigenvalue weighted by Crippen LogP contribution is -2.29. The average molecular weight is 430 g/mol. The summed E-state index contributed by atoms with van der Waals surface area (Å²) >= 11 is 0. The second-order valence-corrected chi connectivity index (χ2v) is 7.10. The Morgan fingerprint density at radius 2 is 1.87 bits per heavy atom. The third-order valence-electron chi connectivity index (χ3n) is 5.05. The number of hydrogen-bond acceptors (Lipinski definition) is 7. The Kier molecular flexibility index (Phi) is 7.11. The molecule has 0 spiro atoms. The minimum Gasteiger partial charge on any atom is -0.493 e. The van der Waals surface area contributed by atoms with Crippen LogP contribution < -0.4 is 25.8 Å². The lowest BCUT2D eigenvalue weighted by atomic mass is 9.97. The molecule has 0 aliphatic carbocycles. The monoisotopic (exact) mass is 430 g/mol. The number of amides is 1. The molecule has 2 aromatic rings. The molecule has 0 fully saturated rings. The van der Waals surface area contributed by atoms with Crippen LogP contribution in [0.1, 0.15) is 24.8 Å². The van der Waals surface area contributed by atoms with E-state index in [1.54, 1.807) is 18.8 Å². The zero-order valence-corrected chi connectivity index (χ0v) is 17.6. The van der Waals surface area contributed by atoms with Gasteiger partial charge in [0.1, 0.15) is 5.82 Å². The summed E-state index contributed by atoms with van der Waals surface area (Å²) < 4.78 is 12.4. The number of benzene rings is 1. The number of ether oxygens (including phenoxy) is 2. The standard InChI is InChI=1S/C21H26N4O6/c1-30-16-10-13-6-9-25-15(14(13)11-17(16)31-2)12-18(24-21(25)29)22-7-3-8-23-19(26)4-5-20(27)28/h10-12H,3-9H2,1-2H3,(H,23,26)(H,27,28)(H,22,24,29). The maximum Gasteiger partial charge on any atom is 0.349 e. The predicted octanol–water partition coefficient (Wildman–Crippen LogP) is 1.27. The highest BCUT2D eigenvalue weighted by atomic mass is 16.5. The molecule has 0 unspecified atom stereocenters. The van der Waals surface area contributed by atoms with Crippen LogP contribution in [0.5, 0.6) is 11.5 Å². The minimum atomic E-state index is -1.00. The number of fused-ring (bicyclic) bond motifs is 3. The van der Waals surface area contributed by atoms with Gasteiger partial charge >= 0.3 is 11.7 Å². The fourth-order valence-corrected chi connectivity index (χ4v) is 3.48. The first-order chi connectivity index (χ1) is 14.9. The molecule has 3 N–H and O–H groups in total. The molecule has 3 rings (SSSR count). The maximum atomic E-state index is 12.5. The molecular weight excluding hydrogens is 404 g/mol. The van der Waals surface area contributed by atoms with Crippen LogP contribution in [0.4, 0.5) is 5.82 Å². The van der Waals surface area contributed by atoms with Gasteiger partial charge < -0.3 is 25.2 Å². The summed E-state index contributed by atoms with van der Waals surface area (Å²) in [5.74, 6) is 0.394. The number of carbonyl (C=O) groups is 2. The summed E-state index contributed by atoms with van der Waals surface area (Å²) in [7, 11) is 3.16. The van der Waals surface area contributed by atoms with E-state index >= 15 is 0 Å². The fourth-order valence-electron chi connectivity index (χ4n) is 3.48. The number of methoxy groups -OCH3 is 2. The van der Waals surface area contributed by atoms with Crippen molar-refractivity contribution in [1.82, 2.24) is 14.9 Å². The molecule has 31 heavy (non-hydrogen) atoms. The zero-order valence-electron chi connectivity index (χ0n) is 17.6. The van der Waals surface area contributed by atoms with Gasteiger partial charge in [0, 0.05) is 37.7 Å². The Morgan fingerprint density at radius 3 is 2.58 bits per heavy atom. The van der Waals surface area contributed by atoms with Gasteiger partial charge in [-0.05, 0) is 30.5 Å². The summed E-state index contributed by atoms with van der Waals surface area (Å²) in [6.45, 7) is 1.43. The Hall–Kier alpha value is -3.56. The first-order valence-corrected chi connectivity index (χ1v) is 10.0. The number of nitrogens with zero attached hydrogens (tertiary/aromatic N) is 2. The van der Waals surface area contributed by atoms with Gasteiger partial charge in [0.05, 0.1) is 26.3 Å². The van der Waals surface area contributed by atoms with E-state index in [1.807, 2.05) is 18.2 Å². The van der Waals surface area contributed by atoms with Crippen molar-refractivity contribution in [3.05, 3.63) is 34.2 Å². The number of carbonyl (C=O) groups excluding carboxylic acids is 1. The van der Waals surface area contributed by atoms with E-state index < -0.39 is 5.97 Å². The van der Waals surface area contributed by atoms with E-state index in [1.165, 1.54) is 0 Å². The highest BCUT2D eigenvalue weighted by Crippen LogP contribution is 2.38. The van der Waals surface area contributed by atoms with Crippen molar-refractivity contribution in [2.24, 2.45) is 0 Å². The van der Waals surface area contributed by atoms with Gasteiger partial charge in [-0.3, -0.25) is 14.2 Å². The molecule has 1 amide bonds. The molecule has 1 aliphatic heterocycles. The first kappa shape index (κ1) is 22.1. The van der Waals surface area contributed by atoms with Crippen LogP contribution in [0.2, 0.25) is 0 Å². The molecule has 1 aromatic heterocycles. The Balaban J connectivity index is 1.67. The van der Waals surface area contributed by atoms with Gasteiger partial charge in [0.15, 0.2) is 11.5 Å². The Labute approximate surface area is 179 Å². The lowest BCUT2D eigenvalue weighted by Gasteiger charge is -2.23. The SMILES string of the molecule is COc1cc2c(cc1OC)-c1cc(NCCCNC(=O)CCC(=O)O)nc(=O)n1CC2. The van der Waals surface area contributed by atoms with Crippen molar-refractivity contribution in [2.75, 3.05) is 32.6 Å². The summed E-state index contributed by atoms with van der Waals surface area (Å²) in [6, 6.07) is 5.63. The normalized spacial score (nSPS) is 11.8. The summed E-state index contributed by atoms with van der Waals surface area (Å²) in [5, 5.41) is 14.4. The summed E-state index contributed by atoms with van der Waals surface area (Å²) in [6.07, 6.45) is 1.06. The van der Waals surface area contributed by atoms with Crippen molar-refractivity contribution < 1.29 is 24.2 Å². The third-order valence-corrected chi connectivity index (χ3v) is 5.05. The van der Waals surface area contributed by atoms with Crippen molar-refractivity contribution >= 4 is 17.7 Å². The van der Waals surface area contributed by atoms with E-state index in [4.69, 9.17) is 14.6 Å². The Bertz CT molecular complexity index is 1030. The molecule has 2 heterocycles. The predicted molar refractivity (Wildman–Crippen MR) is 114 cm³/mol. The molecule has 0 atom stereocenters. The second-order valence-electron chi connectivity index (χ2n) is 7.10. The van der Waals surface area contributed by atoms with Gasteiger partial charge in [-0.25, -0.2) is 4.79 Å². The lowest BCUT2D eigenvalue weighted by molar-refractivity contribution is -0.138. The smallest absolute Gasteiger partial charge is 0.349 e. The van der Waals surface area contributed by atoms with Crippen LogP contribution in [-0.2, 0) is 22.6 Å². The average Bonchev–Trinajstić information content (AvgIpc) is 2.76. The molecule has 10 heteroatoms. The van der Waals surface area contributed by atoms with E-state index in [2.05, 4.69) is 15.6 Å². The highest BCUT2D eigenvalue weighted by molar-refractivity contribution is 5.80. The molecule has 0 saturated heterocycles. The van der Waals surface area contributed by atoms with Crippen molar-refractivity contribution in [3.63, 3.8) is 0 Å². The number of rotatable bonds is 10. The van der Waals surface area contributed by atoms with Crippen LogP contribution in [0, 0.1) is 0 Å². The van der Waals surface area contributed by atoms with E-state index in [0.29, 0.717) is 49.8 Å². The van der Waals surface area contributed by atoms with Crippen molar-refractivity contribution in [2.45, 2.75) is 32.2 Å². The second kappa shape index (κ2) is 9.96. The molecule has 0 saturated carbocycles. The minimum absolute atomic E-state index is 0.0421. The molecule has 166 valence electrons. The van der Waals surface area contributed by atoms with Gasteiger partial charge in [-0.15, -0.1) is 0 Å². The molecule has 0 bridgehead atoms. The van der Waals surface area contributed by atoms with E-state index in [9.17, 15) is 14.4 Å². The number of carboxylic acids is 1. The maximum absolute atomic E-state index is 12.5. The van der Waals surface area contributed by atoms with Crippen molar-refractivity contribution in [1.29, 1.82) is 0 Å². The van der Waals surface area contributed by atoms with Gasteiger partial charge in [0.2, 0.25) is 5.91 Å². The number of anilines is 1. The van der Waals surface area contributed by atoms with Crippen LogP contribution in [-0.4, -0.2) is 53.8 Å². The van der Waals surface area contributed by atoms with Gasteiger partial charge in [-0.2, -0.15) is 4.98 Å². The van der Waals surface area contributed by atoms with Crippen molar-refractivity contribution in [3.8, 4) is 22.8 Å². The third kappa shape index (κ3) is 5.33. The highest BCUT2D eigenvalue weighted by Gasteiger charge is 2.21. The van der Waals surface area contributed by atoms with Gasteiger partial charge in [0.25, 0.3) is 0 Å². The largest absolute Gasteiger partial charge is 0.493 e. The quantitative estimate of drug-likeness (QED) is 0.480. The molecule has 10 nitrogen and oxygen atoms in total. The number of aromatic nitrogens is 2. The molecular formula is C21H26N4O6. The number of hydrogen-bond donors (Lipinski definition) is 3. The van der Waals surface area contributed by atoms with E-state index in [-0.39, 0.29) is 24.4 Å². The van der Waals surface area contributed by atoms with Gasteiger partial charge in [-0.1, -0.05) is 0 Å². The molecule has 1 aromatic carbocycles. The Morgan fingerprint density at radius 1 is 1.13 bits per heavy atom. The summed E-state index contributed by atoms with van der Waals surface area (Å²) in [4.78, 5) is 38.6. The number of carboxylic acid groups (broad SMARTS) is 1. The number of aryl methyl sites for hydroxylation is 1. The van der Waals surface area contributed by atoms with E-state index in [0.717, 1.165) is 16.8 Å². The van der Waals surface area contributed by atoms with Crippen LogP contribution in [0.25, 0.3) is 11.3 Å². The first-order valence-electron chi connectivity index (χ1n) is 10.0.